The van der Waals surface area contributed by atoms with Crippen LogP contribution >= 0.6 is 0 Å². The van der Waals surface area contributed by atoms with E-state index in [1.165, 1.54) is 17.2 Å². The number of esters is 1. The number of hydrogen-bond acceptors (Lipinski definition) is 9. The number of nitrogens with zero attached hydrogens (tertiary/aromatic N) is 4. The maximum atomic E-state index is 12.4. The highest BCUT2D eigenvalue weighted by atomic mass is 16.7. The topological polar surface area (TPSA) is 146 Å². The highest BCUT2D eigenvalue weighted by Gasteiger charge is 2.50. The van der Waals surface area contributed by atoms with Crippen LogP contribution in [-0.2, 0) is 9.47 Å². The van der Waals surface area contributed by atoms with Crippen molar-refractivity contribution in [3.63, 3.8) is 0 Å². The highest BCUT2D eigenvalue weighted by Crippen LogP contribution is 2.39. The van der Waals surface area contributed by atoms with Gasteiger partial charge in [0.25, 0.3) is 0 Å². The number of hydrogen-bond donors (Lipinski definition) is 3. The smallest absolute Gasteiger partial charge is 0.340 e. The van der Waals surface area contributed by atoms with Gasteiger partial charge < -0.3 is 25.4 Å². The number of carbonyl (C=O) groups is 1. The molecule has 1 aliphatic rings. The molecule has 4 rings (SSSR count). The van der Waals surface area contributed by atoms with Crippen molar-refractivity contribution in [1.29, 1.82) is 0 Å². The third kappa shape index (κ3) is 2.99. The maximum absolute atomic E-state index is 12.4. The zero-order valence-electron chi connectivity index (χ0n) is 14.1. The minimum Gasteiger partial charge on any atom is -0.427 e. The molecule has 0 aliphatic carbocycles. The molecule has 2 aromatic heterocycles. The number of benzene rings is 1. The molecule has 10 nitrogen and oxygen atoms in total. The quantitative estimate of drug-likeness (QED) is 0.549. The van der Waals surface area contributed by atoms with Gasteiger partial charge in [-0.25, -0.2) is 19.7 Å². The Morgan fingerprint density at radius 3 is 2.85 bits per heavy atom. The Bertz CT molecular complexity index is 978. The summed E-state index contributed by atoms with van der Waals surface area (Å²) in [5, 5.41) is 20.3. The van der Waals surface area contributed by atoms with Gasteiger partial charge in [0.05, 0.1) is 11.9 Å². The van der Waals surface area contributed by atoms with Crippen LogP contribution < -0.4 is 5.73 Å². The van der Waals surface area contributed by atoms with E-state index in [0.29, 0.717) is 16.7 Å². The zero-order valence-corrected chi connectivity index (χ0v) is 14.1. The van der Waals surface area contributed by atoms with Crippen LogP contribution in [0.25, 0.3) is 11.2 Å². The van der Waals surface area contributed by atoms with E-state index in [0.717, 1.165) is 0 Å². The van der Waals surface area contributed by atoms with Gasteiger partial charge in [-0.3, -0.25) is 4.57 Å². The molecule has 0 saturated carbocycles. The molecule has 140 valence electrons. The summed E-state index contributed by atoms with van der Waals surface area (Å²) in [5.41, 5.74) is 6.79. The van der Waals surface area contributed by atoms with Crippen molar-refractivity contribution in [2.45, 2.75) is 24.5 Å². The number of imidazole rings is 1. The molecule has 0 spiro atoms. The Labute approximate surface area is 153 Å². The molecule has 27 heavy (non-hydrogen) atoms. The van der Waals surface area contributed by atoms with E-state index in [1.807, 2.05) is 0 Å². The number of carbonyl (C=O) groups excluding carboxylic acids is 1. The second-order valence-corrected chi connectivity index (χ2v) is 6.19. The van der Waals surface area contributed by atoms with Crippen LogP contribution in [0.15, 0.2) is 43.0 Å². The van der Waals surface area contributed by atoms with Crippen LogP contribution in [0, 0.1) is 0 Å². The van der Waals surface area contributed by atoms with Crippen molar-refractivity contribution in [3.05, 3.63) is 48.5 Å². The van der Waals surface area contributed by atoms with Gasteiger partial charge in [-0.05, 0) is 12.1 Å². The number of aliphatic hydroxyl groups is 2. The molecule has 10 heteroatoms. The second-order valence-electron chi connectivity index (χ2n) is 6.19. The van der Waals surface area contributed by atoms with Crippen LogP contribution in [0.3, 0.4) is 0 Å². The third-order valence-corrected chi connectivity index (χ3v) is 4.38. The first-order chi connectivity index (χ1) is 13.0. The molecular formula is C17H17N5O5. The lowest BCUT2D eigenvalue weighted by Crippen LogP contribution is -2.39. The molecule has 3 atom stereocenters. The normalized spacial score (nSPS) is 25.0. The molecule has 3 aromatic rings. The Balaban J connectivity index is 1.62. The molecule has 1 saturated heterocycles. The van der Waals surface area contributed by atoms with Gasteiger partial charge in [0, 0.05) is 6.42 Å². The van der Waals surface area contributed by atoms with E-state index in [-0.39, 0.29) is 12.2 Å². The zero-order chi connectivity index (χ0) is 19.0. The minimum atomic E-state index is -1.69. The Hall–Kier alpha value is -3.08. The van der Waals surface area contributed by atoms with Crippen LogP contribution in [0.5, 0.6) is 0 Å². The maximum Gasteiger partial charge on any atom is 0.340 e. The van der Waals surface area contributed by atoms with Gasteiger partial charge in [0.1, 0.15) is 24.6 Å². The molecule has 3 heterocycles. The summed E-state index contributed by atoms with van der Waals surface area (Å²) in [4.78, 5) is 24.5. The van der Waals surface area contributed by atoms with Gasteiger partial charge >= 0.3 is 5.97 Å². The molecule has 0 amide bonds. The molecule has 1 aromatic carbocycles. The summed E-state index contributed by atoms with van der Waals surface area (Å²) in [7, 11) is 0. The predicted octanol–water partition coefficient (Wildman–Crippen LogP) is 0.234. The molecule has 0 bridgehead atoms. The summed E-state index contributed by atoms with van der Waals surface area (Å²) in [6.45, 7) is -0.622. The van der Waals surface area contributed by atoms with Crippen molar-refractivity contribution < 1.29 is 24.5 Å². The highest BCUT2D eigenvalue weighted by molar-refractivity contribution is 5.89. The SMILES string of the molecule is Nc1ncnc2c1ncn2[C@@H]1O[C@@](CO)(OC(=O)c2ccccc2)C[C@H]1O. The Kier molecular flexibility index (Phi) is 4.22. The number of ether oxygens (including phenoxy) is 2. The fraction of sp³-hybridized carbons (Fsp3) is 0.294. The summed E-state index contributed by atoms with van der Waals surface area (Å²) >= 11 is 0. The van der Waals surface area contributed by atoms with Crippen LogP contribution in [0.1, 0.15) is 23.0 Å². The summed E-state index contributed by atoms with van der Waals surface area (Å²) in [5.74, 6) is -2.17. The summed E-state index contributed by atoms with van der Waals surface area (Å²) < 4.78 is 12.6. The summed E-state index contributed by atoms with van der Waals surface area (Å²) in [6.07, 6.45) is 0.504. The fourth-order valence-electron chi connectivity index (χ4n) is 3.07. The average Bonchev–Trinajstić information content (AvgIpc) is 3.25. The standard InChI is InChI=1S/C17H17N5O5/c18-13-12-14(20-8-19-13)22(9-21-12)15-11(24)6-17(7-23,26-15)27-16(25)10-4-2-1-3-5-10/h1-5,8-9,11,15,23-24H,6-7H2,(H2,18,19,20)/t11-,15-,17-/m1/s1. The fourth-order valence-corrected chi connectivity index (χ4v) is 3.07. The number of rotatable bonds is 4. The van der Waals surface area contributed by atoms with Crippen molar-refractivity contribution in [2.24, 2.45) is 0 Å². The van der Waals surface area contributed by atoms with E-state index in [9.17, 15) is 15.0 Å². The molecule has 1 fully saturated rings. The van der Waals surface area contributed by atoms with Crippen LogP contribution in [0.2, 0.25) is 0 Å². The van der Waals surface area contributed by atoms with E-state index in [2.05, 4.69) is 15.0 Å². The van der Waals surface area contributed by atoms with Crippen LogP contribution in [0.4, 0.5) is 5.82 Å². The van der Waals surface area contributed by atoms with E-state index < -0.39 is 30.7 Å². The van der Waals surface area contributed by atoms with E-state index >= 15 is 0 Å². The number of fused-ring (bicyclic) bond motifs is 1. The lowest BCUT2D eigenvalue weighted by Gasteiger charge is -2.26. The van der Waals surface area contributed by atoms with Crippen molar-refractivity contribution in [3.8, 4) is 0 Å². The number of nitrogen functional groups attached to an aromatic ring is 1. The Morgan fingerprint density at radius 1 is 1.33 bits per heavy atom. The van der Waals surface area contributed by atoms with E-state index in [4.69, 9.17) is 15.2 Å². The molecule has 0 unspecified atom stereocenters. The third-order valence-electron chi connectivity index (χ3n) is 4.38. The molecule has 1 aliphatic heterocycles. The number of nitrogens with two attached hydrogens (primary N) is 1. The largest absolute Gasteiger partial charge is 0.427 e. The van der Waals surface area contributed by atoms with Crippen LogP contribution in [-0.4, -0.2) is 54.2 Å². The van der Waals surface area contributed by atoms with Gasteiger partial charge in [-0.1, -0.05) is 18.2 Å². The van der Waals surface area contributed by atoms with Crippen molar-refractivity contribution in [2.75, 3.05) is 12.3 Å². The lowest BCUT2D eigenvalue weighted by atomic mass is 10.1. The molecule has 4 N–H and O–H groups in total. The number of aromatic nitrogens is 4. The van der Waals surface area contributed by atoms with Gasteiger partial charge in [-0.2, -0.15) is 0 Å². The summed E-state index contributed by atoms with van der Waals surface area (Å²) in [6, 6.07) is 8.31. The number of anilines is 1. The molecular weight excluding hydrogens is 354 g/mol. The van der Waals surface area contributed by atoms with Gasteiger partial charge in [0.15, 0.2) is 17.7 Å². The first-order valence-electron chi connectivity index (χ1n) is 8.21. The van der Waals surface area contributed by atoms with Crippen molar-refractivity contribution in [1.82, 2.24) is 19.5 Å². The average molecular weight is 371 g/mol. The second kappa shape index (κ2) is 6.58. The molecule has 0 radical (unpaired) electrons. The lowest BCUT2D eigenvalue weighted by molar-refractivity contribution is -0.226. The van der Waals surface area contributed by atoms with Gasteiger partial charge in [-0.15, -0.1) is 0 Å². The van der Waals surface area contributed by atoms with E-state index in [1.54, 1.807) is 30.3 Å². The van der Waals surface area contributed by atoms with Crippen molar-refractivity contribution >= 4 is 23.0 Å². The first kappa shape index (κ1) is 17.3. The monoisotopic (exact) mass is 371 g/mol. The first-order valence-corrected chi connectivity index (χ1v) is 8.21. The minimum absolute atomic E-state index is 0.118. The number of aliphatic hydroxyl groups excluding tert-OH is 2. The Morgan fingerprint density at radius 2 is 2.11 bits per heavy atom. The van der Waals surface area contributed by atoms with Gasteiger partial charge in [0.2, 0.25) is 5.79 Å². The predicted molar refractivity (Wildman–Crippen MR) is 92.2 cm³/mol.